The Morgan fingerprint density at radius 2 is 2.20 bits per heavy atom. The Morgan fingerprint density at radius 3 is 2.80 bits per heavy atom. The van der Waals surface area contributed by atoms with Crippen molar-refractivity contribution in [2.24, 2.45) is 0 Å². The molecule has 5 nitrogen and oxygen atoms in total. The minimum Gasteiger partial charge on any atom is -0.456 e. The molecular formula is C10H11N3O2. The highest BCUT2D eigenvalue weighted by Crippen LogP contribution is 2.13. The third-order valence-corrected chi connectivity index (χ3v) is 2.15. The molecule has 15 heavy (non-hydrogen) atoms. The molecule has 0 N–H and O–H groups in total. The molecule has 0 bridgehead atoms. The maximum absolute atomic E-state index is 11.1. The molecule has 5 heteroatoms. The van der Waals surface area contributed by atoms with Gasteiger partial charge in [0, 0.05) is 12.4 Å². The van der Waals surface area contributed by atoms with Crippen LogP contribution >= 0.6 is 0 Å². The number of ether oxygens (including phenoxy) is 1. The van der Waals surface area contributed by atoms with Crippen molar-refractivity contribution in [3.8, 4) is 6.01 Å². The third-order valence-electron chi connectivity index (χ3n) is 2.15. The fourth-order valence-corrected chi connectivity index (χ4v) is 1.32. The predicted octanol–water partition coefficient (Wildman–Crippen LogP) is 0.252. The summed E-state index contributed by atoms with van der Waals surface area (Å²) in [5.74, 6) is -0.0659. The van der Waals surface area contributed by atoms with Crippen LogP contribution in [-0.2, 0) is 4.79 Å². The number of likely N-dealkylation sites (tertiary alicyclic amines) is 1. The maximum atomic E-state index is 11.1. The second-order valence-corrected chi connectivity index (χ2v) is 3.22. The average Bonchev–Trinajstić information content (AvgIpc) is 2.23. The highest BCUT2D eigenvalue weighted by Gasteiger charge is 2.31. The zero-order valence-corrected chi connectivity index (χ0v) is 8.17. The molecule has 78 valence electrons. The van der Waals surface area contributed by atoms with Gasteiger partial charge < -0.3 is 9.64 Å². The van der Waals surface area contributed by atoms with Crippen LogP contribution in [0, 0.1) is 0 Å². The van der Waals surface area contributed by atoms with Crippen LogP contribution in [0.5, 0.6) is 6.01 Å². The molecule has 2 heterocycles. The molecule has 1 saturated heterocycles. The van der Waals surface area contributed by atoms with Crippen molar-refractivity contribution in [3.63, 3.8) is 0 Å². The monoisotopic (exact) mass is 205 g/mol. The Balaban J connectivity index is 1.81. The largest absolute Gasteiger partial charge is 0.456 e. The zero-order chi connectivity index (χ0) is 10.7. The van der Waals surface area contributed by atoms with E-state index in [0.717, 1.165) is 0 Å². The summed E-state index contributed by atoms with van der Waals surface area (Å²) in [5.41, 5.74) is 0. The van der Waals surface area contributed by atoms with Gasteiger partial charge in [-0.3, -0.25) is 4.79 Å². The van der Waals surface area contributed by atoms with Crippen molar-refractivity contribution in [1.82, 2.24) is 14.9 Å². The summed E-state index contributed by atoms with van der Waals surface area (Å²) in [6, 6.07) is 2.08. The molecule has 2 rings (SSSR count). The van der Waals surface area contributed by atoms with Crippen molar-refractivity contribution in [3.05, 3.63) is 31.1 Å². The van der Waals surface area contributed by atoms with Gasteiger partial charge in [0.1, 0.15) is 6.10 Å². The van der Waals surface area contributed by atoms with Gasteiger partial charge in [-0.1, -0.05) is 6.58 Å². The minimum atomic E-state index is -0.0659. The Kier molecular flexibility index (Phi) is 2.62. The molecule has 1 amide bonds. The lowest BCUT2D eigenvalue weighted by Crippen LogP contribution is -2.55. The number of hydrogen-bond donors (Lipinski definition) is 0. The molecule has 0 atom stereocenters. The third kappa shape index (κ3) is 2.12. The Labute approximate surface area is 87.4 Å². The number of aromatic nitrogens is 2. The fourth-order valence-electron chi connectivity index (χ4n) is 1.32. The Hall–Kier alpha value is -1.91. The maximum Gasteiger partial charge on any atom is 0.316 e. The van der Waals surface area contributed by atoms with Crippen LogP contribution in [-0.4, -0.2) is 40.0 Å². The first-order chi connectivity index (χ1) is 7.29. The smallest absolute Gasteiger partial charge is 0.316 e. The van der Waals surface area contributed by atoms with Gasteiger partial charge in [-0.2, -0.15) is 0 Å². The molecule has 0 spiro atoms. The second-order valence-electron chi connectivity index (χ2n) is 3.22. The van der Waals surface area contributed by atoms with E-state index in [4.69, 9.17) is 4.74 Å². The summed E-state index contributed by atoms with van der Waals surface area (Å²) in [6.45, 7) is 4.56. The molecule has 0 saturated carbocycles. The number of hydrogen-bond acceptors (Lipinski definition) is 4. The quantitative estimate of drug-likeness (QED) is 0.664. The van der Waals surface area contributed by atoms with E-state index in [2.05, 4.69) is 16.5 Å². The predicted molar refractivity (Wildman–Crippen MR) is 53.2 cm³/mol. The summed E-state index contributed by atoms with van der Waals surface area (Å²) in [6.07, 6.45) is 4.53. The van der Waals surface area contributed by atoms with Crippen molar-refractivity contribution in [2.75, 3.05) is 13.1 Å². The molecule has 0 radical (unpaired) electrons. The van der Waals surface area contributed by atoms with E-state index in [9.17, 15) is 4.79 Å². The lowest BCUT2D eigenvalue weighted by molar-refractivity contribution is -0.134. The van der Waals surface area contributed by atoms with Crippen LogP contribution < -0.4 is 4.74 Å². The molecule has 1 aliphatic rings. The first-order valence-electron chi connectivity index (χ1n) is 4.64. The number of rotatable bonds is 3. The van der Waals surface area contributed by atoms with E-state index in [1.54, 1.807) is 23.4 Å². The van der Waals surface area contributed by atoms with Gasteiger partial charge in [-0.05, 0) is 12.1 Å². The molecular weight excluding hydrogens is 194 g/mol. The molecule has 0 aromatic carbocycles. The molecule has 1 aromatic heterocycles. The number of carbonyl (C=O) groups excluding carboxylic acids is 1. The van der Waals surface area contributed by atoms with E-state index in [1.165, 1.54) is 6.08 Å². The average molecular weight is 205 g/mol. The van der Waals surface area contributed by atoms with Gasteiger partial charge in [-0.25, -0.2) is 9.97 Å². The zero-order valence-electron chi connectivity index (χ0n) is 8.17. The number of nitrogens with zero attached hydrogens (tertiary/aromatic N) is 3. The van der Waals surface area contributed by atoms with Crippen LogP contribution in [0.2, 0.25) is 0 Å². The SMILES string of the molecule is C=CC(=O)N1CC(Oc2ncccn2)C1. The lowest BCUT2D eigenvalue weighted by atomic mass is 10.1. The number of carbonyl (C=O) groups is 1. The van der Waals surface area contributed by atoms with Gasteiger partial charge in [0.2, 0.25) is 5.91 Å². The van der Waals surface area contributed by atoms with E-state index >= 15 is 0 Å². The second kappa shape index (κ2) is 4.08. The normalized spacial score (nSPS) is 15.6. The first kappa shape index (κ1) is 9.64. The highest BCUT2D eigenvalue weighted by molar-refractivity contribution is 5.87. The fraction of sp³-hybridized carbons (Fsp3) is 0.300. The van der Waals surface area contributed by atoms with E-state index in [0.29, 0.717) is 19.1 Å². The molecule has 0 aliphatic carbocycles. The highest BCUT2D eigenvalue weighted by atomic mass is 16.5. The van der Waals surface area contributed by atoms with Crippen LogP contribution in [0.25, 0.3) is 0 Å². The Bertz CT molecular complexity index is 360. The van der Waals surface area contributed by atoms with Crippen molar-refractivity contribution in [2.45, 2.75) is 6.10 Å². The van der Waals surface area contributed by atoms with Crippen LogP contribution in [0.15, 0.2) is 31.1 Å². The van der Waals surface area contributed by atoms with Crippen molar-refractivity contribution < 1.29 is 9.53 Å². The van der Waals surface area contributed by atoms with Gasteiger partial charge >= 0.3 is 6.01 Å². The van der Waals surface area contributed by atoms with Gasteiger partial charge in [0.05, 0.1) is 13.1 Å². The van der Waals surface area contributed by atoms with E-state index in [-0.39, 0.29) is 12.0 Å². The Morgan fingerprint density at radius 1 is 1.53 bits per heavy atom. The molecule has 0 unspecified atom stereocenters. The van der Waals surface area contributed by atoms with Gasteiger partial charge in [0.25, 0.3) is 0 Å². The lowest BCUT2D eigenvalue weighted by Gasteiger charge is -2.37. The summed E-state index contributed by atoms with van der Waals surface area (Å²) >= 11 is 0. The van der Waals surface area contributed by atoms with Gasteiger partial charge in [0.15, 0.2) is 0 Å². The number of amides is 1. The molecule has 1 fully saturated rings. The van der Waals surface area contributed by atoms with Crippen LogP contribution in [0.4, 0.5) is 0 Å². The summed E-state index contributed by atoms with van der Waals surface area (Å²) < 4.78 is 5.42. The molecule has 1 aliphatic heterocycles. The summed E-state index contributed by atoms with van der Waals surface area (Å²) in [4.78, 5) is 20.6. The molecule has 1 aromatic rings. The van der Waals surface area contributed by atoms with E-state index in [1.807, 2.05) is 0 Å². The standard InChI is InChI=1S/C10H11N3O2/c1-2-9(14)13-6-8(7-13)15-10-11-4-3-5-12-10/h2-5,8H,1,6-7H2. The van der Waals surface area contributed by atoms with Crippen LogP contribution in [0.1, 0.15) is 0 Å². The van der Waals surface area contributed by atoms with Crippen molar-refractivity contribution in [1.29, 1.82) is 0 Å². The first-order valence-corrected chi connectivity index (χ1v) is 4.64. The van der Waals surface area contributed by atoms with Gasteiger partial charge in [-0.15, -0.1) is 0 Å². The topological polar surface area (TPSA) is 55.3 Å². The van der Waals surface area contributed by atoms with E-state index < -0.39 is 0 Å². The summed E-state index contributed by atoms with van der Waals surface area (Å²) in [7, 11) is 0. The summed E-state index contributed by atoms with van der Waals surface area (Å²) in [5, 5.41) is 0. The minimum absolute atomic E-state index is 0.00343. The van der Waals surface area contributed by atoms with Crippen LogP contribution in [0.3, 0.4) is 0 Å². The van der Waals surface area contributed by atoms with Crippen molar-refractivity contribution >= 4 is 5.91 Å².